The number of fused-ring (bicyclic) bond motifs is 2. The van der Waals surface area contributed by atoms with E-state index in [1.165, 1.54) is 21.6 Å². The lowest BCUT2D eigenvalue weighted by atomic mass is 10.0. The van der Waals surface area contributed by atoms with Crippen molar-refractivity contribution < 1.29 is 18.8 Å². The second-order valence-electron chi connectivity index (χ2n) is 9.17. The fourth-order valence-electron chi connectivity index (χ4n) is 4.86. The van der Waals surface area contributed by atoms with Gasteiger partial charge in [-0.05, 0) is 47.8 Å². The lowest BCUT2D eigenvalue weighted by Gasteiger charge is -2.44. The molecule has 0 saturated carbocycles. The van der Waals surface area contributed by atoms with Gasteiger partial charge in [-0.25, -0.2) is 4.79 Å². The zero-order valence-corrected chi connectivity index (χ0v) is 21.3. The fourth-order valence-corrected chi connectivity index (χ4v) is 5.91. The Hall–Kier alpha value is -2.88. The minimum atomic E-state index is -0.391. The highest BCUT2D eigenvalue weighted by Gasteiger charge is 2.35. The first-order valence-electron chi connectivity index (χ1n) is 11.9. The molecule has 0 bridgehead atoms. The molecule has 2 aromatic carbocycles. The van der Waals surface area contributed by atoms with Crippen molar-refractivity contribution in [1.29, 1.82) is 0 Å². The van der Waals surface area contributed by atoms with Crippen LogP contribution in [0.1, 0.15) is 18.1 Å². The third kappa shape index (κ3) is 5.07. The van der Waals surface area contributed by atoms with E-state index in [1.54, 1.807) is 0 Å². The van der Waals surface area contributed by atoms with Crippen molar-refractivity contribution in [1.82, 2.24) is 9.69 Å². The quantitative estimate of drug-likeness (QED) is 0.465. The number of rotatable bonds is 7. The zero-order chi connectivity index (χ0) is 24.4. The first-order chi connectivity index (χ1) is 17.0. The average Bonchev–Trinajstić information content (AvgIpc) is 3.44. The van der Waals surface area contributed by atoms with Crippen LogP contribution in [0.2, 0.25) is 5.02 Å². The van der Waals surface area contributed by atoms with E-state index in [9.17, 15) is 9.59 Å². The number of nitrogens with zero attached hydrogens (tertiary/aromatic N) is 3. The molecule has 2 aliphatic heterocycles. The first kappa shape index (κ1) is 23.8. The highest BCUT2D eigenvalue weighted by molar-refractivity contribution is 7.13. The Morgan fingerprint density at radius 3 is 2.89 bits per heavy atom. The lowest BCUT2D eigenvalue weighted by Crippen LogP contribution is -2.61. The van der Waals surface area contributed by atoms with Crippen molar-refractivity contribution in [3.8, 4) is 0 Å². The number of benzene rings is 2. The van der Waals surface area contributed by atoms with Crippen LogP contribution < -0.4 is 15.5 Å². The van der Waals surface area contributed by atoms with E-state index in [-0.39, 0.29) is 5.91 Å². The van der Waals surface area contributed by atoms with Crippen molar-refractivity contribution in [2.24, 2.45) is 0 Å². The van der Waals surface area contributed by atoms with E-state index in [0.29, 0.717) is 29.2 Å². The number of anilines is 2. The number of quaternary nitrogens is 1. The molecule has 0 atom stereocenters. The molecule has 0 unspecified atom stereocenters. The minimum absolute atomic E-state index is 0.00209. The lowest BCUT2D eigenvalue weighted by molar-refractivity contribution is -0.943. The Balaban J connectivity index is 1.31. The van der Waals surface area contributed by atoms with Crippen LogP contribution >= 0.6 is 23.1 Å². The number of carbonyl (C=O) groups is 2. The number of hydrogen-bond donors (Lipinski definition) is 2. The summed E-state index contributed by atoms with van der Waals surface area (Å²) in [6.07, 6.45) is 0.729. The van der Waals surface area contributed by atoms with Crippen LogP contribution in [0.4, 0.5) is 16.3 Å². The average molecular weight is 515 g/mol. The molecule has 2 amide bonds. The highest BCUT2D eigenvalue weighted by atomic mass is 35.5. The third-order valence-corrected chi connectivity index (χ3v) is 8.06. The van der Waals surface area contributed by atoms with Gasteiger partial charge in [0.2, 0.25) is 12.6 Å². The second kappa shape index (κ2) is 10.0. The van der Waals surface area contributed by atoms with Crippen molar-refractivity contribution >= 4 is 56.7 Å². The third-order valence-electron chi connectivity index (χ3n) is 6.89. The van der Waals surface area contributed by atoms with Gasteiger partial charge in [0.05, 0.1) is 43.8 Å². The molecule has 0 spiro atoms. The van der Waals surface area contributed by atoms with E-state index in [4.69, 9.17) is 20.7 Å². The predicted octanol–water partition coefficient (Wildman–Crippen LogP) is 4.03. The number of alkyl carbamates (subject to hydrolysis) is 1. The van der Waals surface area contributed by atoms with Gasteiger partial charge in [-0.3, -0.25) is 9.28 Å². The van der Waals surface area contributed by atoms with Gasteiger partial charge in [-0.2, -0.15) is 4.37 Å². The number of ether oxygens (including phenoxy) is 1. The maximum absolute atomic E-state index is 12.1. The van der Waals surface area contributed by atoms with Crippen molar-refractivity contribution in [2.75, 3.05) is 56.2 Å². The van der Waals surface area contributed by atoms with Crippen LogP contribution in [-0.4, -0.2) is 66.9 Å². The molecule has 10 heteroatoms. The van der Waals surface area contributed by atoms with Crippen LogP contribution in [0.15, 0.2) is 36.4 Å². The Kier molecular flexibility index (Phi) is 6.82. The first-order valence-corrected chi connectivity index (χ1v) is 13.1. The van der Waals surface area contributed by atoms with Gasteiger partial charge in [0.1, 0.15) is 0 Å². The Bertz CT molecular complexity index is 1260. The summed E-state index contributed by atoms with van der Waals surface area (Å²) in [7, 11) is 0. The molecule has 5 rings (SSSR count). The molecule has 3 aromatic rings. The summed E-state index contributed by atoms with van der Waals surface area (Å²) >= 11 is 8.09. The van der Waals surface area contributed by atoms with Gasteiger partial charge in [0.15, 0.2) is 5.82 Å². The maximum atomic E-state index is 12.1. The number of amides is 2. The Labute approximate surface area is 213 Å². The Morgan fingerprint density at radius 1 is 1.29 bits per heavy atom. The molecule has 35 heavy (non-hydrogen) atoms. The van der Waals surface area contributed by atoms with Gasteiger partial charge >= 0.3 is 6.09 Å². The molecule has 1 fully saturated rings. The molecule has 184 valence electrons. The SMILES string of the molecule is CCNC(=O)OC[N+]1(CCc2cc3c(cc2Cl)NC(=O)C3)CCN(c2nsc3ccccc23)CC1. The normalized spacial score (nSPS) is 16.7. The van der Waals surface area contributed by atoms with Gasteiger partial charge in [0.25, 0.3) is 0 Å². The summed E-state index contributed by atoms with van der Waals surface area (Å²) < 4.78 is 12.2. The molecular formula is C25H29ClN5O3S+. The summed E-state index contributed by atoms with van der Waals surface area (Å²) in [6.45, 7) is 6.79. The molecule has 2 aliphatic rings. The molecule has 0 aliphatic carbocycles. The molecule has 1 aromatic heterocycles. The van der Waals surface area contributed by atoms with Crippen molar-refractivity contribution in [3.63, 3.8) is 0 Å². The van der Waals surface area contributed by atoms with Gasteiger partial charge in [-0.15, -0.1) is 0 Å². The summed E-state index contributed by atoms with van der Waals surface area (Å²) in [5.74, 6) is 1.03. The monoisotopic (exact) mass is 514 g/mol. The van der Waals surface area contributed by atoms with Gasteiger partial charge in [0, 0.05) is 29.1 Å². The van der Waals surface area contributed by atoms with E-state index >= 15 is 0 Å². The highest BCUT2D eigenvalue weighted by Crippen LogP contribution is 2.32. The smallest absolute Gasteiger partial charge is 0.399 e. The van der Waals surface area contributed by atoms with E-state index in [2.05, 4.69) is 27.7 Å². The molecule has 1 saturated heterocycles. The number of aromatic nitrogens is 1. The van der Waals surface area contributed by atoms with E-state index in [1.807, 2.05) is 31.2 Å². The van der Waals surface area contributed by atoms with Crippen LogP contribution in [0.25, 0.3) is 10.1 Å². The second-order valence-corrected chi connectivity index (χ2v) is 10.4. The Morgan fingerprint density at radius 2 is 2.09 bits per heavy atom. The van der Waals surface area contributed by atoms with Crippen LogP contribution in [0, 0.1) is 0 Å². The van der Waals surface area contributed by atoms with Crippen molar-refractivity contribution in [2.45, 2.75) is 19.8 Å². The topological polar surface area (TPSA) is 83.6 Å². The minimum Gasteiger partial charge on any atom is -0.399 e. The van der Waals surface area contributed by atoms with Crippen LogP contribution in [0.3, 0.4) is 0 Å². The number of halogens is 1. The summed E-state index contributed by atoms with van der Waals surface area (Å²) in [6, 6.07) is 12.2. The van der Waals surface area contributed by atoms with Gasteiger partial charge < -0.3 is 20.3 Å². The number of carbonyl (C=O) groups excluding carboxylic acids is 2. The number of nitrogens with one attached hydrogen (secondary N) is 2. The molecule has 3 heterocycles. The molecule has 8 nitrogen and oxygen atoms in total. The van der Waals surface area contributed by atoms with Gasteiger partial charge in [-0.1, -0.05) is 29.8 Å². The summed E-state index contributed by atoms with van der Waals surface area (Å²) in [5.41, 5.74) is 2.81. The van der Waals surface area contributed by atoms with Crippen LogP contribution in [-0.2, 0) is 22.4 Å². The molecule has 0 radical (unpaired) electrons. The number of hydrogen-bond acceptors (Lipinski definition) is 6. The van der Waals surface area contributed by atoms with Crippen LogP contribution in [0.5, 0.6) is 0 Å². The molecular weight excluding hydrogens is 486 g/mol. The number of piperazine rings is 1. The maximum Gasteiger partial charge on any atom is 0.411 e. The van der Waals surface area contributed by atoms with E-state index < -0.39 is 6.09 Å². The molecule has 2 N–H and O–H groups in total. The standard InChI is InChI=1S/C25H28ClN5O3S/c1-2-27-25(33)34-16-31(10-7-17-13-18-14-23(32)28-21(18)15-20(17)26)11-8-30(9-12-31)24-19-5-3-4-6-22(19)35-29-24/h3-6,13,15H,2,7-12,14,16H2,1H3,(H-,27,28,32,33)/p+1. The largest absolute Gasteiger partial charge is 0.411 e. The predicted molar refractivity (Wildman–Crippen MR) is 139 cm³/mol. The van der Waals surface area contributed by atoms with E-state index in [0.717, 1.165) is 61.8 Å². The summed E-state index contributed by atoms with van der Waals surface area (Å²) in [4.78, 5) is 26.2. The fraction of sp³-hybridized carbons (Fsp3) is 0.400. The summed E-state index contributed by atoms with van der Waals surface area (Å²) in [5, 5.41) is 7.41. The van der Waals surface area contributed by atoms with Crippen molar-refractivity contribution in [3.05, 3.63) is 52.5 Å². The zero-order valence-electron chi connectivity index (χ0n) is 19.7.